The number of hydrogen-bond acceptors (Lipinski definition) is 3. The number of carbonyl (C=O) groups is 1. The highest BCUT2D eigenvalue weighted by Gasteiger charge is 2.36. The smallest absolute Gasteiger partial charge is 0.410 e. The zero-order valence-corrected chi connectivity index (χ0v) is 13.3. The monoisotopic (exact) mass is 329 g/mol. The molecule has 1 heterocycles. The molecule has 1 amide bonds. The van der Waals surface area contributed by atoms with Gasteiger partial charge in [-0.3, -0.25) is 0 Å². The summed E-state index contributed by atoms with van der Waals surface area (Å²) in [6.07, 6.45) is 0.327. The summed E-state index contributed by atoms with van der Waals surface area (Å²) in [6, 6.07) is 15.5. The number of amides is 1. The van der Waals surface area contributed by atoms with E-state index >= 15 is 0 Å². The number of rotatable bonds is 3. The van der Waals surface area contributed by atoms with Crippen molar-refractivity contribution in [1.29, 1.82) is 0 Å². The van der Waals surface area contributed by atoms with Crippen LogP contribution in [-0.4, -0.2) is 29.2 Å². The van der Waals surface area contributed by atoms with Crippen molar-refractivity contribution >= 4 is 6.09 Å². The molecule has 3 rings (SSSR count). The van der Waals surface area contributed by atoms with E-state index in [4.69, 9.17) is 4.74 Å². The van der Waals surface area contributed by atoms with E-state index in [1.165, 1.54) is 12.1 Å². The zero-order valence-electron chi connectivity index (χ0n) is 13.3. The average Bonchev–Trinajstić information content (AvgIpc) is 2.61. The third-order valence-corrected chi connectivity index (χ3v) is 4.42. The summed E-state index contributed by atoms with van der Waals surface area (Å²) >= 11 is 0. The van der Waals surface area contributed by atoms with E-state index < -0.39 is 5.60 Å². The summed E-state index contributed by atoms with van der Waals surface area (Å²) in [5.74, 6) is -0.370. The summed E-state index contributed by atoms with van der Waals surface area (Å²) in [4.78, 5) is 13.7. The van der Waals surface area contributed by atoms with Crippen molar-refractivity contribution in [2.75, 3.05) is 13.1 Å². The molecule has 0 bridgehead atoms. The molecule has 0 aliphatic carbocycles. The molecule has 2 aromatic rings. The molecule has 0 saturated carbocycles. The Bertz CT molecular complexity index is 697. The molecule has 1 saturated heterocycles. The van der Waals surface area contributed by atoms with Crippen molar-refractivity contribution in [3.05, 3.63) is 71.5 Å². The highest BCUT2D eigenvalue weighted by atomic mass is 19.1. The van der Waals surface area contributed by atoms with E-state index in [-0.39, 0.29) is 18.5 Å². The molecule has 126 valence electrons. The average molecular weight is 329 g/mol. The van der Waals surface area contributed by atoms with Crippen LogP contribution in [0.2, 0.25) is 0 Å². The molecule has 0 aromatic heterocycles. The predicted molar refractivity (Wildman–Crippen MR) is 87.7 cm³/mol. The number of likely N-dealkylation sites (tertiary alicyclic amines) is 1. The van der Waals surface area contributed by atoms with Crippen LogP contribution in [0.25, 0.3) is 0 Å². The molecular weight excluding hydrogens is 309 g/mol. The van der Waals surface area contributed by atoms with Crippen LogP contribution in [0.5, 0.6) is 0 Å². The van der Waals surface area contributed by atoms with Crippen LogP contribution < -0.4 is 0 Å². The fourth-order valence-electron chi connectivity index (χ4n) is 2.94. The quantitative estimate of drug-likeness (QED) is 0.938. The van der Waals surface area contributed by atoms with Gasteiger partial charge in [0, 0.05) is 13.1 Å². The van der Waals surface area contributed by atoms with Gasteiger partial charge in [-0.05, 0) is 36.1 Å². The lowest BCUT2D eigenvalue weighted by atomic mass is 9.84. The van der Waals surface area contributed by atoms with E-state index in [1.807, 2.05) is 30.3 Å². The number of ether oxygens (including phenoxy) is 1. The molecule has 4 nitrogen and oxygen atoms in total. The van der Waals surface area contributed by atoms with Crippen molar-refractivity contribution in [2.24, 2.45) is 0 Å². The molecule has 5 heteroatoms. The predicted octanol–water partition coefficient (Wildman–Crippen LogP) is 3.45. The lowest BCUT2D eigenvalue weighted by Gasteiger charge is -2.38. The van der Waals surface area contributed by atoms with Crippen LogP contribution in [-0.2, 0) is 16.9 Å². The molecule has 24 heavy (non-hydrogen) atoms. The van der Waals surface area contributed by atoms with E-state index in [0.717, 1.165) is 5.56 Å². The Morgan fingerprint density at radius 2 is 1.83 bits per heavy atom. The minimum atomic E-state index is -1.10. The summed E-state index contributed by atoms with van der Waals surface area (Å²) in [6.45, 7) is 0.978. The van der Waals surface area contributed by atoms with E-state index in [2.05, 4.69) is 0 Å². The number of piperidine rings is 1. The van der Waals surface area contributed by atoms with Gasteiger partial charge in [-0.2, -0.15) is 0 Å². The number of aliphatic hydroxyl groups is 1. The second kappa shape index (κ2) is 7.01. The number of benzene rings is 2. The van der Waals surface area contributed by atoms with Gasteiger partial charge in [-0.15, -0.1) is 0 Å². The lowest BCUT2D eigenvalue weighted by molar-refractivity contribution is -0.0257. The first-order chi connectivity index (χ1) is 11.6. The Morgan fingerprint density at radius 3 is 2.50 bits per heavy atom. The Balaban J connectivity index is 1.55. The van der Waals surface area contributed by atoms with Crippen LogP contribution >= 0.6 is 0 Å². The lowest BCUT2D eigenvalue weighted by Crippen LogP contribution is -2.45. The van der Waals surface area contributed by atoms with Gasteiger partial charge < -0.3 is 14.7 Å². The third-order valence-electron chi connectivity index (χ3n) is 4.42. The number of halogens is 1. The van der Waals surface area contributed by atoms with Crippen molar-refractivity contribution in [3.8, 4) is 0 Å². The van der Waals surface area contributed by atoms with Crippen LogP contribution in [0.3, 0.4) is 0 Å². The van der Waals surface area contributed by atoms with Gasteiger partial charge in [0.05, 0.1) is 5.60 Å². The van der Waals surface area contributed by atoms with Crippen molar-refractivity contribution in [3.63, 3.8) is 0 Å². The van der Waals surface area contributed by atoms with Crippen LogP contribution in [0.4, 0.5) is 9.18 Å². The van der Waals surface area contributed by atoms with Gasteiger partial charge in [0.2, 0.25) is 0 Å². The molecule has 2 aromatic carbocycles. The first-order valence-electron chi connectivity index (χ1n) is 8.01. The Morgan fingerprint density at radius 1 is 1.12 bits per heavy atom. The highest BCUT2D eigenvalue weighted by molar-refractivity contribution is 5.67. The first kappa shape index (κ1) is 16.5. The fraction of sp³-hybridized carbons (Fsp3) is 0.316. The number of nitrogens with zero attached hydrogens (tertiary/aromatic N) is 1. The van der Waals surface area contributed by atoms with Crippen LogP contribution in [0, 0.1) is 5.82 Å². The zero-order chi connectivity index (χ0) is 17.0. The van der Waals surface area contributed by atoms with Crippen molar-refractivity contribution in [1.82, 2.24) is 4.90 Å². The second-order valence-electron chi connectivity index (χ2n) is 6.07. The van der Waals surface area contributed by atoms with Gasteiger partial charge >= 0.3 is 6.09 Å². The maximum absolute atomic E-state index is 13.4. The van der Waals surface area contributed by atoms with Gasteiger partial charge in [0.1, 0.15) is 12.4 Å². The van der Waals surface area contributed by atoms with Gasteiger partial charge in [0.25, 0.3) is 0 Å². The summed E-state index contributed by atoms with van der Waals surface area (Å²) < 4.78 is 18.7. The maximum Gasteiger partial charge on any atom is 0.410 e. The second-order valence-corrected chi connectivity index (χ2v) is 6.07. The Hall–Kier alpha value is -2.40. The summed E-state index contributed by atoms with van der Waals surface area (Å²) in [7, 11) is 0. The molecule has 1 fully saturated rings. The van der Waals surface area contributed by atoms with Crippen LogP contribution in [0.15, 0.2) is 54.6 Å². The van der Waals surface area contributed by atoms with E-state index in [1.54, 1.807) is 17.0 Å². The van der Waals surface area contributed by atoms with Crippen molar-refractivity contribution < 1.29 is 19.0 Å². The minimum Gasteiger partial charge on any atom is -0.445 e. The maximum atomic E-state index is 13.4. The van der Waals surface area contributed by atoms with Crippen LogP contribution in [0.1, 0.15) is 24.0 Å². The molecule has 1 N–H and O–H groups in total. The molecule has 0 unspecified atom stereocenters. The Labute approximate surface area is 140 Å². The standard InChI is InChI=1S/C19H20FNO3/c20-17-8-4-7-16(13-17)19(23)9-11-21(12-10-19)18(22)24-14-15-5-2-1-3-6-15/h1-8,13,23H,9-12,14H2. The van der Waals surface area contributed by atoms with Gasteiger partial charge in [0.15, 0.2) is 0 Å². The third kappa shape index (κ3) is 3.74. The number of hydrogen-bond donors (Lipinski definition) is 1. The van der Waals surface area contributed by atoms with E-state index in [0.29, 0.717) is 31.5 Å². The topological polar surface area (TPSA) is 49.8 Å². The normalized spacial score (nSPS) is 16.7. The SMILES string of the molecule is O=C(OCc1ccccc1)N1CCC(O)(c2cccc(F)c2)CC1. The fourth-order valence-corrected chi connectivity index (χ4v) is 2.94. The molecule has 0 atom stereocenters. The summed E-state index contributed by atoms with van der Waals surface area (Å²) in [5.41, 5.74) is 0.386. The Kier molecular flexibility index (Phi) is 4.81. The largest absolute Gasteiger partial charge is 0.445 e. The van der Waals surface area contributed by atoms with Gasteiger partial charge in [-0.1, -0.05) is 42.5 Å². The first-order valence-corrected chi connectivity index (χ1v) is 8.01. The molecule has 0 radical (unpaired) electrons. The molecule has 1 aliphatic rings. The highest BCUT2D eigenvalue weighted by Crippen LogP contribution is 2.33. The minimum absolute atomic E-state index is 0.227. The molecule has 1 aliphatic heterocycles. The summed E-state index contributed by atoms with van der Waals surface area (Å²) in [5, 5.41) is 10.7. The molecular formula is C19H20FNO3. The van der Waals surface area contributed by atoms with E-state index in [9.17, 15) is 14.3 Å². The molecule has 0 spiro atoms. The van der Waals surface area contributed by atoms with Crippen molar-refractivity contribution in [2.45, 2.75) is 25.0 Å². The number of carbonyl (C=O) groups excluding carboxylic acids is 1. The van der Waals surface area contributed by atoms with Gasteiger partial charge in [-0.25, -0.2) is 9.18 Å².